The van der Waals surface area contributed by atoms with E-state index in [1.165, 1.54) is 23.2 Å². The van der Waals surface area contributed by atoms with Gasteiger partial charge in [-0.05, 0) is 26.0 Å². The number of rotatable bonds is 7. The highest BCUT2D eigenvalue weighted by atomic mass is 16.2. The van der Waals surface area contributed by atoms with Gasteiger partial charge in [0.15, 0.2) is 0 Å². The number of carbonyl (C=O) groups excluding carboxylic acids is 1. The number of carbonyl (C=O) groups is 1. The molecule has 0 fully saturated rings. The lowest BCUT2D eigenvalue weighted by molar-refractivity contribution is -0.122. The lowest BCUT2D eigenvalue weighted by Crippen LogP contribution is -2.34. The second-order valence-corrected chi connectivity index (χ2v) is 6.62. The van der Waals surface area contributed by atoms with Crippen LogP contribution in [0.5, 0.6) is 0 Å². The molecule has 0 unspecified atom stereocenters. The van der Waals surface area contributed by atoms with Crippen LogP contribution in [0.2, 0.25) is 0 Å². The molecule has 0 aliphatic carbocycles. The Hall–Kier alpha value is -2.35. The van der Waals surface area contributed by atoms with Crippen molar-refractivity contribution in [1.29, 1.82) is 0 Å². The highest BCUT2D eigenvalue weighted by Gasteiger charge is 2.18. The SMILES string of the molecule is CCCCN1CCn2nc(CNC(=O)Cn3nc(C)cc3N)cc2C1. The fourth-order valence-electron chi connectivity index (χ4n) is 3.11. The van der Waals surface area contributed by atoms with Crippen molar-refractivity contribution < 1.29 is 4.79 Å². The van der Waals surface area contributed by atoms with Gasteiger partial charge in [0, 0.05) is 19.2 Å². The van der Waals surface area contributed by atoms with Crippen LogP contribution < -0.4 is 11.1 Å². The molecule has 8 nitrogen and oxygen atoms in total. The third-order valence-electron chi connectivity index (χ3n) is 4.45. The summed E-state index contributed by atoms with van der Waals surface area (Å²) in [6.07, 6.45) is 2.44. The number of fused-ring (bicyclic) bond motifs is 1. The average Bonchev–Trinajstić information content (AvgIpc) is 3.12. The van der Waals surface area contributed by atoms with Crippen molar-refractivity contribution in [3.8, 4) is 0 Å². The van der Waals surface area contributed by atoms with Crippen molar-refractivity contribution in [2.75, 3.05) is 18.8 Å². The summed E-state index contributed by atoms with van der Waals surface area (Å²) in [6, 6.07) is 3.84. The van der Waals surface area contributed by atoms with Crippen molar-refractivity contribution in [3.05, 3.63) is 29.2 Å². The third-order valence-corrected chi connectivity index (χ3v) is 4.45. The Morgan fingerprint density at radius 2 is 2.16 bits per heavy atom. The summed E-state index contributed by atoms with van der Waals surface area (Å²) in [5.41, 5.74) is 8.73. The summed E-state index contributed by atoms with van der Waals surface area (Å²) in [7, 11) is 0. The lowest BCUT2D eigenvalue weighted by atomic mass is 10.2. The van der Waals surface area contributed by atoms with Crippen LogP contribution in [0.3, 0.4) is 0 Å². The normalized spacial score (nSPS) is 14.5. The number of hydrogen-bond acceptors (Lipinski definition) is 5. The molecule has 0 aromatic carbocycles. The molecular weight excluding hydrogens is 318 g/mol. The van der Waals surface area contributed by atoms with Gasteiger partial charge in [0.2, 0.25) is 5.91 Å². The molecule has 0 saturated carbocycles. The van der Waals surface area contributed by atoms with Crippen LogP contribution in [0.15, 0.2) is 12.1 Å². The molecule has 3 rings (SSSR count). The predicted octanol–water partition coefficient (Wildman–Crippen LogP) is 0.902. The van der Waals surface area contributed by atoms with E-state index in [0.29, 0.717) is 12.4 Å². The fourth-order valence-corrected chi connectivity index (χ4v) is 3.11. The number of anilines is 1. The monoisotopic (exact) mass is 345 g/mol. The highest BCUT2D eigenvalue weighted by molar-refractivity contribution is 5.76. The van der Waals surface area contributed by atoms with E-state index in [4.69, 9.17) is 5.73 Å². The molecule has 3 N–H and O–H groups in total. The van der Waals surface area contributed by atoms with E-state index in [1.54, 1.807) is 6.07 Å². The number of nitrogens with zero attached hydrogens (tertiary/aromatic N) is 5. The number of hydrogen-bond donors (Lipinski definition) is 2. The number of nitrogen functional groups attached to an aromatic ring is 1. The predicted molar refractivity (Wildman–Crippen MR) is 95.6 cm³/mol. The van der Waals surface area contributed by atoms with Gasteiger partial charge in [0.1, 0.15) is 12.4 Å². The van der Waals surface area contributed by atoms with Gasteiger partial charge in [-0.2, -0.15) is 10.2 Å². The molecule has 1 amide bonds. The summed E-state index contributed by atoms with van der Waals surface area (Å²) < 4.78 is 3.56. The molecule has 25 heavy (non-hydrogen) atoms. The number of nitrogens with one attached hydrogen (secondary N) is 1. The van der Waals surface area contributed by atoms with E-state index in [-0.39, 0.29) is 12.5 Å². The number of unbranched alkanes of at least 4 members (excludes halogenated alkanes) is 1. The zero-order valence-electron chi connectivity index (χ0n) is 15.0. The first-order chi connectivity index (χ1) is 12.0. The summed E-state index contributed by atoms with van der Waals surface area (Å²) in [5, 5.41) is 11.7. The van der Waals surface area contributed by atoms with Crippen molar-refractivity contribution in [2.24, 2.45) is 0 Å². The number of amides is 1. The minimum absolute atomic E-state index is 0.120. The molecule has 0 saturated heterocycles. The molecule has 2 aromatic heterocycles. The van der Waals surface area contributed by atoms with Crippen LogP contribution >= 0.6 is 0 Å². The van der Waals surface area contributed by atoms with Crippen LogP contribution in [0.25, 0.3) is 0 Å². The number of aryl methyl sites for hydroxylation is 1. The Labute approximate surface area is 148 Å². The van der Waals surface area contributed by atoms with Crippen molar-refractivity contribution in [2.45, 2.75) is 52.9 Å². The van der Waals surface area contributed by atoms with Crippen LogP contribution in [0.1, 0.15) is 36.8 Å². The van der Waals surface area contributed by atoms with Crippen LogP contribution in [-0.2, 0) is 31.0 Å². The van der Waals surface area contributed by atoms with Crippen molar-refractivity contribution in [1.82, 2.24) is 29.8 Å². The first-order valence-corrected chi connectivity index (χ1v) is 8.89. The highest BCUT2D eigenvalue weighted by Crippen LogP contribution is 2.14. The van der Waals surface area contributed by atoms with Crippen molar-refractivity contribution >= 4 is 11.7 Å². The molecule has 0 bridgehead atoms. The molecule has 3 heterocycles. The van der Waals surface area contributed by atoms with Crippen molar-refractivity contribution in [3.63, 3.8) is 0 Å². The van der Waals surface area contributed by atoms with Crippen LogP contribution in [0.4, 0.5) is 5.82 Å². The molecule has 1 aliphatic heterocycles. The lowest BCUT2D eigenvalue weighted by Gasteiger charge is -2.27. The number of nitrogens with two attached hydrogens (primary N) is 1. The molecule has 8 heteroatoms. The second kappa shape index (κ2) is 7.69. The number of aromatic nitrogens is 4. The Morgan fingerprint density at radius 1 is 1.32 bits per heavy atom. The second-order valence-electron chi connectivity index (χ2n) is 6.62. The summed E-state index contributed by atoms with van der Waals surface area (Å²) in [5.74, 6) is 0.377. The zero-order valence-corrected chi connectivity index (χ0v) is 15.0. The van der Waals surface area contributed by atoms with Gasteiger partial charge in [-0.15, -0.1) is 0 Å². The van der Waals surface area contributed by atoms with E-state index in [2.05, 4.69) is 38.1 Å². The third kappa shape index (κ3) is 4.39. The van der Waals surface area contributed by atoms with Gasteiger partial charge in [-0.3, -0.25) is 14.4 Å². The van der Waals surface area contributed by atoms with Gasteiger partial charge in [-0.1, -0.05) is 13.3 Å². The fraction of sp³-hybridized carbons (Fsp3) is 0.588. The van der Waals surface area contributed by atoms with Crippen LogP contribution in [-0.4, -0.2) is 43.5 Å². The van der Waals surface area contributed by atoms with Gasteiger partial charge in [-0.25, -0.2) is 4.68 Å². The first-order valence-electron chi connectivity index (χ1n) is 8.89. The molecule has 0 atom stereocenters. The zero-order chi connectivity index (χ0) is 17.8. The molecule has 1 aliphatic rings. The quantitative estimate of drug-likeness (QED) is 0.778. The minimum Gasteiger partial charge on any atom is -0.384 e. The maximum absolute atomic E-state index is 12.1. The maximum Gasteiger partial charge on any atom is 0.242 e. The van der Waals surface area contributed by atoms with E-state index in [1.807, 2.05) is 6.92 Å². The maximum atomic E-state index is 12.1. The van der Waals surface area contributed by atoms with Gasteiger partial charge < -0.3 is 11.1 Å². The summed E-state index contributed by atoms with van der Waals surface area (Å²) in [6.45, 7) is 8.64. The molecule has 0 spiro atoms. The van der Waals surface area contributed by atoms with E-state index >= 15 is 0 Å². The summed E-state index contributed by atoms with van der Waals surface area (Å²) in [4.78, 5) is 14.6. The molecule has 0 radical (unpaired) electrons. The smallest absolute Gasteiger partial charge is 0.242 e. The largest absolute Gasteiger partial charge is 0.384 e. The summed E-state index contributed by atoms with van der Waals surface area (Å²) >= 11 is 0. The van der Waals surface area contributed by atoms with Gasteiger partial charge in [0.05, 0.1) is 30.2 Å². The van der Waals surface area contributed by atoms with E-state index in [9.17, 15) is 4.79 Å². The Morgan fingerprint density at radius 3 is 2.88 bits per heavy atom. The average molecular weight is 345 g/mol. The Kier molecular flexibility index (Phi) is 5.37. The molecule has 136 valence electrons. The standard InChI is InChI=1S/C17H27N7O/c1-3-4-5-22-6-7-23-15(11-22)9-14(21-23)10-19-17(25)12-24-16(18)8-13(2)20-24/h8-9H,3-7,10-12,18H2,1-2H3,(H,19,25). The van der Waals surface area contributed by atoms with Crippen LogP contribution in [0, 0.1) is 6.92 Å². The molecule has 2 aromatic rings. The topological polar surface area (TPSA) is 94.0 Å². The van der Waals surface area contributed by atoms with E-state index in [0.717, 1.165) is 37.6 Å². The molecular formula is C17H27N7O. The first kappa shape index (κ1) is 17.5. The minimum atomic E-state index is -0.120. The van der Waals surface area contributed by atoms with Gasteiger partial charge in [0.25, 0.3) is 0 Å². The van der Waals surface area contributed by atoms with Gasteiger partial charge >= 0.3 is 0 Å². The Balaban J connectivity index is 1.52. The van der Waals surface area contributed by atoms with E-state index < -0.39 is 0 Å². The Bertz CT molecular complexity index is 733.